The predicted octanol–water partition coefficient (Wildman–Crippen LogP) is 20.5. The van der Waals surface area contributed by atoms with Crippen LogP contribution in [0.15, 0.2) is 317 Å². The van der Waals surface area contributed by atoms with Crippen molar-refractivity contribution in [3.63, 3.8) is 0 Å². The van der Waals surface area contributed by atoms with E-state index in [0.717, 1.165) is 110 Å². The molecule has 0 aliphatic heterocycles. The van der Waals surface area contributed by atoms with Gasteiger partial charge in [0.25, 0.3) is 0 Å². The van der Waals surface area contributed by atoms with Crippen molar-refractivity contribution in [1.29, 1.82) is 0 Å². The first-order chi connectivity index (χ1) is 46.0. The van der Waals surface area contributed by atoms with Gasteiger partial charge in [0.05, 0.1) is 16.6 Å². The normalized spacial score (nSPS) is 11.3. The van der Waals surface area contributed by atoms with Gasteiger partial charge in [0.2, 0.25) is 11.8 Å². The Labute approximate surface area is 541 Å². The standard InChI is InChI=1S/C40H25N5O.C21H14BrN3.C19H12N2O/c1-4-13-26(14-5-1)37-42-38(27-15-6-2-7-16-27)44-39(43-37)29-19-12-20-30(25-29)45-33-22-11-10-21-31(33)32-23-24-34-35(36(32)45)41-40(46-34)28-17-8-3-9-18-28;22-18-13-7-12-17(14-18)21-24-19(15-8-3-1-4-9-15)23-20(25-21)16-10-5-2-6-11-16;1-2-6-12(7-3-1)19-21-18-16(22-19)11-10-14-13-8-4-5-9-15(13)20-17(14)18/h1-25H;1-14H;1-11,20H. The average molecular weight is 1260 g/mol. The molecule has 6 aromatic heterocycles. The second kappa shape index (κ2) is 24.6. The maximum Gasteiger partial charge on any atom is 0.227 e. The number of nitrogens with one attached hydrogen (secondary N) is 1. The van der Waals surface area contributed by atoms with Crippen LogP contribution in [0, 0.1) is 0 Å². The molecule has 93 heavy (non-hydrogen) atoms. The number of aromatic nitrogens is 10. The molecule has 12 aromatic carbocycles. The van der Waals surface area contributed by atoms with Crippen molar-refractivity contribution in [3.8, 4) is 96.9 Å². The lowest BCUT2D eigenvalue weighted by molar-refractivity contribution is 0.619. The van der Waals surface area contributed by atoms with Gasteiger partial charge in [-0.1, -0.05) is 234 Å². The van der Waals surface area contributed by atoms with E-state index < -0.39 is 0 Å². The molecule has 0 saturated carbocycles. The summed E-state index contributed by atoms with van der Waals surface area (Å²) < 4.78 is 15.5. The Morgan fingerprint density at radius 2 is 0.677 bits per heavy atom. The molecule has 0 amide bonds. The van der Waals surface area contributed by atoms with Gasteiger partial charge in [-0.3, -0.25) is 0 Å². The van der Waals surface area contributed by atoms with Crippen LogP contribution < -0.4 is 0 Å². The van der Waals surface area contributed by atoms with Gasteiger partial charge in [0.1, 0.15) is 11.0 Å². The Balaban J connectivity index is 0.000000122. The van der Waals surface area contributed by atoms with Crippen molar-refractivity contribution < 1.29 is 8.83 Å². The number of hydrogen-bond donors (Lipinski definition) is 1. The molecule has 18 rings (SSSR count). The number of halogens is 1. The fourth-order valence-electron chi connectivity index (χ4n) is 11.7. The lowest BCUT2D eigenvalue weighted by Gasteiger charge is -2.11. The van der Waals surface area contributed by atoms with Gasteiger partial charge < -0.3 is 18.4 Å². The Kier molecular flexibility index (Phi) is 14.8. The number of H-pyrrole nitrogens is 1. The second-order valence-electron chi connectivity index (χ2n) is 22.1. The van der Waals surface area contributed by atoms with Crippen LogP contribution in [-0.2, 0) is 0 Å². The smallest absolute Gasteiger partial charge is 0.227 e. The van der Waals surface area contributed by atoms with E-state index in [4.69, 9.17) is 43.7 Å². The molecule has 13 heteroatoms. The van der Waals surface area contributed by atoms with Crippen LogP contribution in [0.3, 0.4) is 0 Å². The highest BCUT2D eigenvalue weighted by Gasteiger charge is 2.21. The summed E-state index contributed by atoms with van der Waals surface area (Å²) in [6.45, 7) is 0. The monoisotopic (exact) mass is 1260 g/mol. The third-order valence-corrected chi connectivity index (χ3v) is 16.6. The highest BCUT2D eigenvalue weighted by atomic mass is 79.9. The molecule has 6 heterocycles. The van der Waals surface area contributed by atoms with E-state index in [1.165, 1.54) is 10.8 Å². The fourth-order valence-corrected chi connectivity index (χ4v) is 12.1. The van der Waals surface area contributed by atoms with E-state index in [2.05, 4.69) is 109 Å². The number of rotatable bonds is 9. The minimum Gasteiger partial charge on any atom is -0.436 e. The van der Waals surface area contributed by atoms with E-state index in [1.807, 2.05) is 224 Å². The largest absolute Gasteiger partial charge is 0.436 e. The van der Waals surface area contributed by atoms with Gasteiger partial charge in [-0.25, -0.2) is 39.9 Å². The molecule has 0 bridgehead atoms. The number of nitrogens with zero attached hydrogens (tertiary/aromatic N) is 9. The Hall–Kier alpha value is -12.3. The Bertz CT molecular complexity index is 5590. The lowest BCUT2D eigenvalue weighted by atomic mass is 10.1. The first kappa shape index (κ1) is 56.0. The molecular weight excluding hydrogens is 1210 g/mol. The van der Waals surface area contributed by atoms with Crippen LogP contribution in [0.4, 0.5) is 0 Å². The van der Waals surface area contributed by atoms with Gasteiger partial charge in [0, 0.05) is 81.7 Å². The summed E-state index contributed by atoms with van der Waals surface area (Å²) in [5, 5.41) is 4.64. The van der Waals surface area contributed by atoms with Crippen LogP contribution in [0.25, 0.3) is 163 Å². The zero-order valence-electron chi connectivity index (χ0n) is 49.6. The maximum absolute atomic E-state index is 6.30. The molecule has 0 saturated heterocycles. The average Bonchev–Trinajstić information content (AvgIpc) is 1.58. The molecule has 0 radical (unpaired) electrons. The van der Waals surface area contributed by atoms with Crippen molar-refractivity contribution in [1.82, 2.24) is 49.4 Å². The van der Waals surface area contributed by atoms with Gasteiger partial charge in [0.15, 0.2) is 46.1 Å². The molecule has 0 fully saturated rings. The summed E-state index contributed by atoms with van der Waals surface area (Å²) >= 11 is 3.52. The summed E-state index contributed by atoms with van der Waals surface area (Å²) in [4.78, 5) is 42.1. The molecule has 0 spiro atoms. The van der Waals surface area contributed by atoms with E-state index in [0.29, 0.717) is 46.7 Å². The highest BCUT2D eigenvalue weighted by Crippen LogP contribution is 2.40. The summed E-state index contributed by atoms with van der Waals surface area (Å²) in [5.74, 6) is 5.12. The molecule has 0 aliphatic carbocycles. The summed E-state index contributed by atoms with van der Waals surface area (Å²) in [7, 11) is 0. The molecule has 12 nitrogen and oxygen atoms in total. The molecule has 0 unspecified atom stereocenters. The van der Waals surface area contributed by atoms with Crippen molar-refractivity contribution >= 4 is 81.7 Å². The quantitative estimate of drug-likeness (QED) is 0.148. The first-order valence-corrected chi connectivity index (χ1v) is 31.1. The molecule has 0 aliphatic rings. The number of aromatic amines is 1. The van der Waals surface area contributed by atoms with E-state index in [9.17, 15) is 0 Å². The second-order valence-corrected chi connectivity index (χ2v) is 23.0. The van der Waals surface area contributed by atoms with Gasteiger partial charge >= 0.3 is 0 Å². The van der Waals surface area contributed by atoms with Crippen LogP contribution in [0.5, 0.6) is 0 Å². The molecule has 18 aromatic rings. The zero-order chi connectivity index (χ0) is 62.0. The van der Waals surface area contributed by atoms with Gasteiger partial charge in [-0.05, 0) is 84.9 Å². The van der Waals surface area contributed by atoms with Crippen LogP contribution in [-0.4, -0.2) is 49.4 Å². The zero-order valence-corrected chi connectivity index (χ0v) is 51.2. The van der Waals surface area contributed by atoms with Crippen molar-refractivity contribution in [2.24, 2.45) is 0 Å². The molecule has 1 N–H and O–H groups in total. The SMILES string of the molecule is Brc1cccc(-c2nc(-c3ccccc3)nc(-c3ccccc3)n2)c1.c1ccc(-c2nc(-c3ccccc3)nc(-c3cccc(-n4c5ccccc5c5ccc6oc(-c7ccccc7)nc6c54)c3)n2)cc1.c1ccc(-c2nc3c(ccc4c5ccccc5[nH]c43)o2)cc1. The van der Waals surface area contributed by atoms with E-state index >= 15 is 0 Å². The third kappa shape index (κ3) is 11.1. The van der Waals surface area contributed by atoms with Crippen LogP contribution in [0.1, 0.15) is 0 Å². The summed E-state index contributed by atoms with van der Waals surface area (Å²) in [5.41, 5.74) is 16.0. The number of benzene rings is 12. The third-order valence-electron chi connectivity index (χ3n) is 16.1. The van der Waals surface area contributed by atoms with Crippen molar-refractivity contribution in [2.75, 3.05) is 0 Å². The minimum absolute atomic E-state index is 0.598. The van der Waals surface area contributed by atoms with Crippen LogP contribution in [0.2, 0.25) is 0 Å². The summed E-state index contributed by atoms with van der Waals surface area (Å²) in [6.07, 6.45) is 0. The van der Waals surface area contributed by atoms with E-state index in [-0.39, 0.29) is 0 Å². The number of para-hydroxylation sites is 2. The number of fused-ring (bicyclic) bond motifs is 10. The van der Waals surface area contributed by atoms with Gasteiger partial charge in [-0.15, -0.1) is 0 Å². The molecular formula is C80H51BrN10O2. The van der Waals surface area contributed by atoms with Crippen LogP contribution >= 0.6 is 15.9 Å². The minimum atomic E-state index is 0.598. The molecule has 0 atom stereocenters. The van der Waals surface area contributed by atoms with E-state index in [1.54, 1.807) is 0 Å². The Morgan fingerprint density at radius 3 is 1.18 bits per heavy atom. The highest BCUT2D eigenvalue weighted by molar-refractivity contribution is 9.10. The van der Waals surface area contributed by atoms with Gasteiger partial charge in [-0.2, -0.15) is 0 Å². The van der Waals surface area contributed by atoms with Crippen molar-refractivity contribution in [3.05, 3.63) is 308 Å². The maximum atomic E-state index is 6.30. The molecule has 440 valence electrons. The summed E-state index contributed by atoms with van der Waals surface area (Å²) in [6, 6.07) is 101. The number of hydrogen-bond acceptors (Lipinski definition) is 10. The Morgan fingerprint density at radius 1 is 0.290 bits per heavy atom. The topological polar surface area (TPSA) is 150 Å². The fraction of sp³-hybridized carbons (Fsp3) is 0. The number of oxazole rings is 2. The predicted molar refractivity (Wildman–Crippen MR) is 376 cm³/mol. The lowest BCUT2D eigenvalue weighted by Crippen LogP contribution is -2.01. The first-order valence-electron chi connectivity index (χ1n) is 30.3. The van der Waals surface area contributed by atoms with Crippen molar-refractivity contribution in [2.45, 2.75) is 0 Å².